The Labute approximate surface area is 128 Å². The minimum atomic E-state index is -0.407. The molecular weight excluding hydrogens is 262 g/mol. The Bertz CT molecular complexity index is 398. The Hall–Kier alpha value is -0.900. The van der Waals surface area contributed by atoms with Gasteiger partial charge in [-0.05, 0) is 31.7 Å². The van der Waals surface area contributed by atoms with Crippen LogP contribution >= 0.6 is 0 Å². The number of aliphatic hydroxyl groups excluding tert-OH is 2. The molecule has 1 saturated carbocycles. The van der Waals surface area contributed by atoms with Crippen LogP contribution in [0.3, 0.4) is 0 Å². The monoisotopic (exact) mass is 291 g/mol. The first-order chi connectivity index (χ1) is 10.2. The fourth-order valence-corrected chi connectivity index (χ4v) is 3.29. The van der Waals surface area contributed by atoms with Gasteiger partial charge in [0.15, 0.2) is 0 Å². The molecule has 118 valence electrons. The first-order valence-corrected chi connectivity index (χ1v) is 8.30. The lowest BCUT2D eigenvalue weighted by molar-refractivity contribution is 0.0923. The minimum absolute atomic E-state index is 0.205. The zero-order valence-corrected chi connectivity index (χ0v) is 13.2. The van der Waals surface area contributed by atoms with Crippen molar-refractivity contribution in [3.05, 3.63) is 35.4 Å². The van der Waals surface area contributed by atoms with Crippen molar-refractivity contribution in [3.63, 3.8) is 0 Å². The summed E-state index contributed by atoms with van der Waals surface area (Å²) in [6.45, 7) is 3.85. The van der Waals surface area contributed by atoms with Crippen molar-refractivity contribution in [2.24, 2.45) is 0 Å². The van der Waals surface area contributed by atoms with Crippen molar-refractivity contribution in [2.75, 3.05) is 19.7 Å². The van der Waals surface area contributed by atoms with Gasteiger partial charge < -0.3 is 10.2 Å². The van der Waals surface area contributed by atoms with Gasteiger partial charge in [-0.1, -0.05) is 49.1 Å². The molecule has 3 nitrogen and oxygen atoms in total. The van der Waals surface area contributed by atoms with E-state index >= 15 is 0 Å². The van der Waals surface area contributed by atoms with Gasteiger partial charge in [0.05, 0.1) is 12.7 Å². The van der Waals surface area contributed by atoms with Gasteiger partial charge in [-0.25, -0.2) is 0 Å². The summed E-state index contributed by atoms with van der Waals surface area (Å²) in [5, 5.41) is 19.6. The molecule has 0 heterocycles. The lowest BCUT2D eigenvalue weighted by Crippen LogP contribution is -2.39. The Morgan fingerprint density at radius 1 is 1.10 bits per heavy atom. The quantitative estimate of drug-likeness (QED) is 0.811. The van der Waals surface area contributed by atoms with Crippen LogP contribution in [0.5, 0.6) is 0 Å². The fourth-order valence-electron chi connectivity index (χ4n) is 3.29. The third-order valence-electron chi connectivity index (χ3n) is 4.63. The van der Waals surface area contributed by atoms with Gasteiger partial charge in [0.25, 0.3) is 0 Å². The molecule has 1 atom stereocenters. The van der Waals surface area contributed by atoms with Gasteiger partial charge in [-0.15, -0.1) is 0 Å². The van der Waals surface area contributed by atoms with E-state index in [4.69, 9.17) is 0 Å². The molecule has 3 heteroatoms. The second-order valence-corrected chi connectivity index (χ2v) is 6.27. The summed E-state index contributed by atoms with van der Waals surface area (Å²) < 4.78 is 0. The predicted octanol–water partition coefficient (Wildman–Crippen LogP) is 3.05. The van der Waals surface area contributed by atoms with Crippen LogP contribution in [0.25, 0.3) is 0 Å². The standard InChI is InChI=1S/C18H29NO2/c1-15-7-9-16(10-8-15)18(21)11-12-19(13-14-20)17-5-3-2-4-6-17/h7-10,17-18,20-21H,2-6,11-14H2,1H3. The van der Waals surface area contributed by atoms with Crippen molar-refractivity contribution in [1.82, 2.24) is 4.90 Å². The van der Waals surface area contributed by atoms with Crippen molar-refractivity contribution < 1.29 is 10.2 Å². The molecule has 1 unspecified atom stereocenters. The summed E-state index contributed by atoms with van der Waals surface area (Å²) in [6.07, 6.45) is 6.74. The van der Waals surface area contributed by atoms with Crippen LogP contribution in [-0.4, -0.2) is 40.9 Å². The van der Waals surface area contributed by atoms with Crippen molar-refractivity contribution >= 4 is 0 Å². The molecule has 1 aliphatic carbocycles. The number of aliphatic hydroxyl groups is 2. The van der Waals surface area contributed by atoms with Crippen LogP contribution in [0.2, 0.25) is 0 Å². The number of hydrogen-bond acceptors (Lipinski definition) is 3. The van der Waals surface area contributed by atoms with Gasteiger partial charge in [0.2, 0.25) is 0 Å². The lowest BCUT2D eigenvalue weighted by atomic mass is 9.93. The first kappa shape index (κ1) is 16.5. The van der Waals surface area contributed by atoms with Crippen LogP contribution in [-0.2, 0) is 0 Å². The van der Waals surface area contributed by atoms with Crippen molar-refractivity contribution in [2.45, 2.75) is 57.6 Å². The van der Waals surface area contributed by atoms with Gasteiger partial charge in [0.1, 0.15) is 0 Å². The van der Waals surface area contributed by atoms with Crippen molar-refractivity contribution in [1.29, 1.82) is 0 Å². The van der Waals surface area contributed by atoms with Crippen LogP contribution in [0, 0.1) is 6.92 Å². The van der Waals surface area contributed by atoms with Gasteiger partial charge in [-0.3, -0.25) is 4.90 Å². The topological polar surface area (TPSA) is 43.7 Å². The highest BCUT2D eigenvalue weighted by Crippen LogP contribution is 2.24. The molecule has 0 aromatic heterocycles. The summed E-state index contributed by atoms with van der Waals surface area (Å²) >= 11 is 0. The Kier molecular flexibility index (Phi) is 6.68. The summed E-state index contributed by atoms with van der Waals surface area (Å²) in [5.74, 6) is 0. The number of benzene rings is 1. The zero-order chi connectivity index (χ0) is 15.1. The van der Waals surface area contributed by atoms with E-state index in [2.05, 4.69) is 11.8 Å². The van der Waals surface area contributed by atoms with E-state index in [1.165, 1.54) is 37.7 Å². The average molecular weight is 291 g/mol. The molecule has 1 aliphatic rings. The molecule has 2 rings (SSSR count). The van der Waals surface area contributed by atoms with E-state index < -0.39 is 6.10 Å². The molecule has 0 spiro atoms. The average Bonchev–Trinajstić information content (AvgIpc) is 2.52. The fraction of sp³-hybridized carbons (Fsp3) is 0.667. The summed E-state index contributed by atoms with van der Waals surface area (Å²) in [6, 6.07) is 8.71. The van der Waals surface area contributed by atoms with Crippen LogP contribution < -0.4 is 0 Å². The molecular formula is C18H29NO2. The van der Waals surface area contributed by atoms with E-state index in [9.17, 15) is 10.2 Å². The summed E-state index contributed by atoms with van der Waals surface area (Å²) in [7, 11) is 0. The SMILES string of the molecule is Cc1ccc(C(O)CCN(CCO)C2CCCCC2)cc1. The van der Waals surface area contributed by atoms with Gasteiger partial charge in [-0.2, -0.15) is 0 Å². The molecule has 0 bridgehead atoms. The molecule has 0 aliphatic heterocycles. The second-order valence-electron chi connectivity index (χ2n) is 6.27. The molecule has 1 aromatic rings. The molecule has 21 heavy (non-hydrogen) atoms. The van der Waals surface area contributed by atoms with Crippen molar-refractivity contribution in [3.8, 4) is 0 Å². The van der Waals surface area contributed by atoms with E-state index in [0.717, 1.165) is 25.1 Å². The number of nitrogens with zero attached hydrogens (tertiary/aromatic N) is 1. The number of aryl methyl sites for hydroxylation is 1. The van der Waals surface area contributed by atoms with Crippen LogP contribution in [0.15, 0.2) is 24.3 Å². The van der Waals surface area contributed by atoms with Crippen LogP contribution in [0.1, 0.15) is 55.8 Å². The molecule has 2 N–H and O–H groups in total. The maximum absolute atomic E-state index is 10.3. The predicted molar refractivity (Wildman–Crippen MR) is 86.3 cm³/mol. The molecule has 0 saturated heterocycles. The molecule has 1 fully saturated rings. The normalized spacial score (nSPS) is 18.1. The Balaban J connectivity index is 1.86. The summed E-state index contributed by atoms with van der Waals surface area (Å²) in [4.78, 5) is 2.37. The molecule has 0 radical (unpaired) electrons. The second kappa shape index (κ2) is 8.52. The Morgan fingerprint density at radius 2 is 1.76 bits per heavy atom. The van der Waals surface area contributed by atoms with Gasteiger partial charge >= 0.3 is 0 Å². The number of hydrogen-bond donors (Lipinski definition) is 2. The highest BCUT2D eigenvalue weighted by molar-refractivity contribution is 5.23. The molecule has 0 amide bonds. The molecule has 1 aromatic carbocycles. The van der Waals surface area contributed by atoms with E-state index in [0.29, 0.717) is 6.04 Å². The summed E-state index contributed by atoms with van der Waals surface area (Å²) in [5.41, 5.74) is 2.21. The Morgan fingerprint density at radius 3 is 2.38 bits per heavy atom. The third kappa shape index (κ3) is 5.10. The van der Waals surface area contributed by atoms with E-state index in [1.54, 1.807) is 0 Å². The minimum Gasteiger partial charge on any atom is -0.395 e. The van der Waals surface area contributed by atoms with Crippen LogP contribution in [0.4, 0.5) is 0 Å². The van der Waals surface area contributed by atoms with E-state index in [1.807, 2.05) is 24.3 Å². The largest absolute Gasteiger partial charge is 0.395 e. The first-order valence-electron chi connectivity index (χ1n) is 8.30. The third-order valence-corrected chi connectivity index (χ3v) is 4.63. The zero-order valence-electron chi connectivity index (χ0n) is 13.2. The smallest absolute Gasteiger partial charge is 0.0802 e. The maximum atomic E-state index is 10.3. The van der Waals surface area contributed by atoms with Gasteiger partial charge in [0, 0.05) is 19.1 Å². The number of rotatable bonds is 7. The highest BCUT2D eigenvalue weighted by Gasteiger charge is 2.21. The highest BCUT2D eigenvalue weighted by atomic mass is 16.3. The lowest BCUT2D eigenvalue weighted by Gasteiger charge is -2.34. The maximum Gasteiger partial charge on any atom is 0.0802 e. The van der Waals surface area contributed by atoms with E-state index in [-0.39, 0.29) is 6.61 Å².